The van der Waals surface area contributed by atoms with Gasteiger partial charge in [0.1, 0.15) is 0 Å². The van der Waals surface area contributed by atoms with Crippen molar-refractivity contribution in [1.29, 1.82) is 0 Å². The highest BCUT2D eigenvalue weighted by Gasteiger charge is 2.23. The summed E-state index contributed by atoms with van der Waals surface area (Å²) in [6.07, 6.45) is 1.40. The van der Waals surface area contributed by atoms with E-state index < -0.39 is 6.10 Å². The molecule has 2 unspecified atom stereocenters. The highest BCUT2D eigenvalue weighted by molar-refractivity contribution is 5.77. The molecular weight excluding hydrogens is 372 g/mol. The summed E-state index contributed by atoms with van der Waals surface area (Å²) in [6.45, 7) is 9.05. The van der Waals surface area contributed by atoms with E-state index in [0.29, 0.717) is 31.3 Å². The molecule has 0 aromatic heterocycles. The molecule has 30 heavy (non-hydrogen) atoms. The van der Waals surface area contributed by atoms with Gasteiger partial charge in [0.15, 0.2) is 0 Å². The maximum Gasteiger partial charge on any atom is 0.220 e. The van der Waals surface area contributed by atoms with Gasteiger partial charge in [-0.05, 0) is 42.7 Å². The van der Waals surface area contributed by atoms with Gasteiger partial charge >= 0.3 is 0 Å². The zero-order valence-electron chi connectivity index (χ0n) is 18.8. The van der Waals surface area contributed by atoms with Crippen LogP contribution < -0.4 is 10.6 Å². The van der Waals surface area contributed by atoms with Crippen LogP contribution >= 0.6 is 0 Å². The molecule has 1 amide bonds. The van der Waals surface area contributed by atoms with Crippen molar-refractivity contribution in [3.8, 4) is 0 Å². The van der Waals surface area contributed by atoms with Crippen LogP contribution in [0.1, 0.15) is 57.6 Å². The van der Waals surface area contributed by atoms with Crippen molar-refractivity contribution >= 4 is 5.91 Å². The SMILES string of the molecule is CC(C)CC(C)NC[C@H](O)[C@H](Cc1ccccc1)NC(=O)CC(C)c1ccccc1. The van der Waals surface area contributed by atoms with Gasteiger partial charge in [0.2, 0.25) is 5.91 Å². The molecule has 0 saturated carbocycles. The number of benzene rings is 2. The fourth-order valence-corrected chi connectivity index (χ4v) is 3.85. The predicted octanol–water partition coefficient (Wildman–Crippen LogP) is 4.29. The summed E-state index contributed by atoms with van der Waals surface area (Å²) in [5, 5.41) is 17.4. The number of amides is 1. The Balaban J connectivity index is 1.98. The maximum absolute atomic E-state index is 12.8. The summed E-state index contributed by atoms with van der Waals surface area (Å²) in [6, 6.07) is 20.1. The topological polar surface area (TPSA) is 61.4 Å². The van der Waals surface area contributed by atoms with Gasteiger partial charge in [0, 0.05) is 19.0 Å². The van der Waals surface area contributed by atoms with Crippen LogP contribution in [-0.2, 0) is 11.2 Å². The minimum absolute atomic E-state index is 0.0263. The molecule has 4 atom stereocenters. The zero-order valence-corrected chi connectivity index (χ0v) is 18.8. The molecule has 2 rings (SSSR count). The number of aliphatic hydroxyl groups is 1. The number of rotatable bonds is 12. The average Bonchev–Trinajstić information content (AvgIpc) is 2.72. The molecule has 0 aliphatic rings. The van der Waals surface area contributed by atoms with E-state index in [9.17, 15) is 9.90 Å². The molecule has 4 nitrogen and oxygen atoms in total. The number of hydrogen-bond donors (Lipinski definition) is 3. The van der Waals surface area contributed by atoms with Gasteiger partial charge in [-0.3, -0.25) is 4.79 Å². The number of aliphatic hydroxyl groups excluding tert-OH is 1. The first-order valence-electron chi connectivity index (χ1n) is 11.1. The predicted molar refractivity (Wildman–Crippen MR) is 124 cm³/mol. The molecule has 3 N–H and O–H groups in total. The van der Waals surface area contributed by atoms with Gasteiger partial charge in [-0.15, -0.1) is 0 Å². The lowest BCUT2D eigenvalue weighted by atomic mass is 9.96. The Labute approximate surface area is 182 Å². The van der Waals surface area contributed by atoms with Crippen LogP contribution in [0.25, 0.3) is 0 Å². The second-order valence-corrected chi connectivity index (χ2v) is 8.89. The lowest BCUT2D eigenvalue weighted by Crippen LogP contribution is -2.50. The highest BCUT2D eigenvalue weighted by atomic mass is 16.3. The van der Waals surface area contributed by atoms with Crippen molar-refractivity contribution in [1.82, 2.24) is 10.6 Å². The molecule has 0 saturated heterocycles. The van der Waals surface area contributed by atoms with Crippen LogP contribution in [0, 0.1) is 5.92 Å². The number of carbonyl (C=O) groups excluding carboxylic acids is 1. The van der Waals surface area contributed by atoms with E-state index in [2.05, 4.69) is 38.3 Å². The van der Waals surface area contributed by atoms with Crippen LogP contribution in [0.4, 0.5) is 0 Å². The summed E-state index contributed by atoms with van der Waals surface area (Å²) in [5.74, 6) is 0.704. The van der Waals surface area contributed by atoms with E-state index in [4.69, 9.17) is 0 Å². The quantitative estimate of drug-likeness (QED) is 0.489. The summed E-state index contributed by atoms with van der Waals surface area (Å²) in [4.78, 5) is 12.8. The third kappa shape index (κ3) is 8.68. The Morgan fingerprint density at radius 3 is 2.13 bits per heavy atom. The van der Waals surface area contributed by atoms with Crippen molar-refractivity contribution < 1.29 is 9.90 Å². The van der Waals surface area contributed by atoms with Crippen LogP contribution in [-0.4, -0.2) is 35.7 Å². The summed E-state index contributed by atoms with van der Waals surface area (Å²) in [5.41, 5.74) is 2.25. The first kappa shape index (κ1) is 24.1. The lowest BCUT2D eigenvalue weighted by Gasteiger charge is -2.27. The largest absolute Gasteiger partial charge is 0.390 e. The molecular formula is C26H38N2O2. The molecule has 0 aliphatic heterocycles. The normalized spacial score (nSPS) is 15.4. The minimum atomic E-state index is -0.657. The van der Waals surface area contributed by atoms with Crippen LogP contribution in [0.3, 0.4) is 0 Å². The molecule has 0 aliphatic carbocycles. The average molecular weight is 411 g/mol. The molecule has 4 heteroatoms. The number of hydrogen-bond acceptors (Lipinski definition) is 3. The van der Waals surface area contributed by atoms with Gasteiger partial charge in [-0.2, -0.15) is 0 Å². The lowest BCUT2D eigenvalue weighted by molar-refractivity contribution is -0.123. The smallest absolute Gasteiger partial charge is 0.220 e. The molecule has 0 radical (unpaired) electrons. The van der Waals surface area contributed by atoms with Crippen molar-refractivity contribution in [2.75, 3.05) is 6.54 Å². The molecule has 2 aromatic carbocycles. The Morgan fingerprint density at radius 1 is 0.933 bits per heavy atom. The summed E-state index contributed by atoms with van der Waals surface area (Å²) in [7, 11) is 0. The van der Waals surface area contributed by atoms with E-state index in [1.807, 2.05) is 60.7 Å². The Hall–Kier alpha value is -2.17. The fraction of sp³-hybridized carbons (Fsp3) is 0.500. The first-order valence-corrected chi connectivity index (χ1v) is 11.1. The van der Waals surface area contributed by atoms with Gasteiger partial charge in [-0.25, -0.2) is 0 Å². The number of carbonyl (C=O) groups is 1. The summed E-state index contributed by atoms with van der Waals surface area (Å²) < 4.78 is 0. The molecule has 0 fully saturated rings. The molecule has 0 heterocycles. The third-order valence-electron chi connectivity index (χ3n) is 5.47. The summed E-state index contributed by atoms with van der Waals surface area (Å²) >= 11 is 0. The first-order chi connectivity index (χ1) is 14.3. The maximum atomic E-state index is 12.8. The van der Waals surface area contributed by atoms with Gasteiger partial charge in [0.25, 0.3) is 0 Å². The minimum Gasteiger partial charge on any atom is -0.390 e. The monoisotopic (exact) mass is 410 g/mol. The zero-order chi connectivity index (χ0) is 21.9. The van der Waals surface area contributed by atoms with Gasteiger partial charge < -0.3 is 15.7 Å². The molecule has 164 valence electrons. The Morgan fingerprint density at radius 2 is 1.53 bits per heavy atom. The fourth-order valence-electron chi connectivity index (χ4n) is 3.85. The molecule has 2 aromatic rings. The van der Waals surface area contributed by atoms with E-state index in [0.717, 1.165) is 17.5 Å². The second kappa shape index (κ2) is 12.5. The second-order valence-electron chi connectivity index (χ2n) is 8.89. The number of nitrogens with one attached hydrogen (secondary N) is 2. The Kier molecular flexibility index (Phi) is 10.0. The molecule has 0 spiro atoms. The van der Waals surface area contributed by atoms with Crippen molar-refractivity contribution in [2.24, 2.45) is 5.92 Å². The van der Waals surface area contributed by atoms with Gasteiger partial charge in [-0.1, -0.05) is 81.4 Å². The van der Waals surface area contributed by atoms with E-state index in [-0.39, 0.29) is 17.9 Å². The van der Waals surface area contributed by atoms with Gasteiger partial charge in [0.05, 0.1) is 12.1 Å². The van der Waals surface area contributed by atoms with Crippen molar-refractivity contribution in [3.63, 3.8) is 0 Å². The van der Waals surface area contributed by atoms with E-state index in [1.165, 1.54) is 0 Å². The van der Waals surface area contributed by atoms with E-state index in [1.54, 1.807) is 0 Å². The van der Waals surface area contributed by atoms with Crippen molar-refractivity contribution in [3.05, 3.63) is 71.8 Å². The standard InChI is InChI=1S/C26H38N2O2/c1-19(2)15-21(4)27-18-25(29)24(17-22-11-7-5-8-12-22)28-26(30)16-20(3)23-13-9-6-10-14-23/h5-14,19-21,24-25,27,29H,15-18H2,1-4H3,(H,28,30)/t20?,21?,24-,25-/m0/s1. The van der Waals surface area contributed by atoms with Crippen LogP contribution in [0.2, 0.25) is 0 Å². The molecule has 0 bridgehead atoms. The Bertz CT molecular complexity index is 733. The van der Waals surface area contributed by atoms with Crippen LogP contribution in [0.5, 0.6) is 0 Å². The van der Waals surface area contributed by atoms with E-state index >= 15 is 0 Å². The van der Waals surface area contributed by atoms with Crippen LogP contribution in [0.15, 0.2) is 60.7 Å². The third-order valence-corrected chi connectivity index (χ3v) is 5.47. The van der Waals surface area contributed by atoms with Crippen molar-refractivity contribution in [2.45, 2.75) is 71.1 Å². The highest BCUT2D eigenvalue weighted by Crippen LogP contribution is 2.18.